The molecular formula is C18H29N. The van der Waals surface area contributed by atoms with Crippen LogP contribution >= 0.6 is 0 Å². The minimum atomic E-state index is 0.522. The first-order valence-corrected chi connectivity index (χ1v) is 7.52. The Morgan fingerprint density at radius 3 is 2.32 bits per heavy atom. The first-order valence-electron chi connectivity index (χ1n) is 7.52. The van der Waals surface area contributed by atoms with Gasteiger partial charge < -0.3 is 5.32 Å². The predicted molar refractivity (Wildman–Crippen MR) is 85.7 cm³/mol. The summed E-state index contributed by atoms with van der Waals surface area (Å²) in [4.78, 5) is 0. The van der Waals surface area contributed by atoms with Gasteiger partial charge in [0.05, 0.1) is 0 Å². The summed E-state index contributed by atoms with van der Waals surface area (Å²) in [6, 6.07) is 7.38. The quantitative estimate of drug-likeness (QED) is 0.674. The first-order chi connectivity index (χ1) is 9.05. The Morgan fingerprint density at radius 2 is 1.79 bits per heavy atom. The zero-order chi connectivity index (χ0) is 14.3. The molecule has 0 saturated carbocycles. The summed E-state index contributed by atoms with van der Waals surface area (Å²) < 4.78 is 0. The minimum absolute atomic E-state index is 0.522. The molecule has 1 aromatic carbocycles. The third kappa shape index (κ3) is 6.07. The monoisotopic (exact) mass is 259 g/mol. The summed E-state index contributed by atoms with van der Waals surface area (Å²) in [5, 5.41) is 3.66. The Hall–Kier alpha value is -1.08. The molecule has 1 aromatic rings. The molecule has 0 heterocycles. The number of hydrogen-bond donors (Lipinski definition) is 1. The van der Waals surface area contributed by atoms with Gasteiger partial charge in [0.1, 0.15) is 0 Å². The molecule has 106 valence electrons. The van der Waals surface area contributed by atoms with Gasteiger partial charge in [-0.05, 0) is 51.6 Å². The molecule has 1 N–H and O–H groups in total. The van der Waals surface area contributed by atoms with Crippen LogP contribution < -0.4 is 5.32 Å². The Morgan fingerprint density at radius 1 is 1.16 bits per heavy atom. The summed E-state index contributed by atoms with van der Waals surface area (Å²) in [6.45, 7) is 14.0. The molecule has 0 fully saturated rings. The fourth-order valence-corrected chi connectivity index (χ4v) is 2.53. The standard InChI is InChI=1S/C18H29N/c1-6-8-19-18(12-14(3)7-2)13-17-10-15(4)9-16(5)11-17/h9-11,18-19H,3,6-8,12-13H2,1-2,4-5H3. The molecule has 1 heteroatoms. The lowest BCUT2D eigenvalue weighted by Crippen LogP contribution is -2.32. The molecule has 0 aromatic heterocycles. The van der Waals surface area contributed by atoms with Crippen LogP contribution in [0.1, 0.15) is 49.8 Å². The zero-order valence-corrected chi connectivity index (χ0v) is 13.1. The molecule has 0 bridgehead atoms. The normalized spacial score (nSPS) is 12.4. The summed E-state index contributed by atoms with van der Waals surface area (Å²) in [5.74, 6) is 0. The molecular weight excluding hydrogens is 230 g/mol. The van der Waals surface area contributed by atoms with E-state index in [1.165, 1.54) is 28.7 Å². The van der Waals surface area contributed by atoms with Crippen molar-refractivity contribution in [3.63, 3.8) is 0 Å². The molecule has 0 saturated heterocycles. The van der Waals surface area contributed by atoms with E-state index < -0.39 is 0 Å². The average Bonchev–Trinajstić information content (AvgIpc) is 2.34. The summed E-state index contributed by atoms with van der Waals surface area (Å²) in [6.07, 6.45) is 4.45. The van der Waals surface area contributed by atoms with E-state index in [9.17, 15) is 0 Å². The van der Waals surface area contributed by atoms with Gasteiger partial charge in [-0.1, -0.05) is 55.3 Å². The molecule has 0 amide bonds. The van der Waals surface area contributed by atoms with Crippen LogP contribution in [0.4, 0.5) is 0 Å². The molecule has 0 aliphatic carbocycles. The third-order valence-electron chi connectivity index (χ3n) is 3.48. The molecule has 0 spiro atoms. The lowest BCUT2D eigenvalue weighted by atomic mass is 9.96. The van der Waals surface area contributed by atoms with Crippen molar-refractivity contribution in [2.45, 2.75) is 59.4 Å². The largest absolute Gasteiger partial charge is 0.313 e. The lowest BCUT2D eigenvalue weighted by molar-refractivity contribution is 0.499. The molecule has 1 nitrogen and oxygen atoms in total. The molecule has 0 aliphatic rings. The highest BCUT2D eigenvalue weighted by molar-refractivity contribution is 5.29. The fraction of sp³-hybridized carbons (Fsp3) is 0.556. The fourth-order valence-electron chi connectivity index (χ4n) is 2.53. The maximum Gasteiger partial charge on any atom is 0.0144 e. The van der Waals surface area contributed by atoms with E-state index in [0.717, 1.165) is 25.8 Å². The summed E-state index contributed by atoms with van der Waals surface area (Å²) >= 11 is 0. The van der Waals surface area contributed by atoms with E-state index in [2.05, 4.69) is 57.8 Å². The maximum absolute atomic E-state index is 4.16. The van der Waals surface area contributed by atoms with E-state index >= 15 is 0 Å². The van der Waals surface area contributed by atoms with Gasteiger partial charge in [-0.25, -0.2) is 0 Å². The van der Waals surface area contributed by atoms with Gasteiger partial charge in [0.15, 0.2) is 0 Å². The second kappa shape index (κ2) is 8.16. The van der Waals surface area contributed by atoms with Crippen molar-refractivity contribution in [1.82, 2.24) is 5.32 Å². The van der Waals surface area contributed by atoms with Gasteiger partial charge in [-0.2, -0.15) is 0 Å². The highest BCUT2D eigenvalue weighted by atomic mass is 14.9. The molecule has 1 rings (SSSR count). The van der Waals surface area contributed by atoms with Gasteiger partial charge in [0, 0.05) is 6.04 Å². The molecule has 0 aliphatic heterocycles. The van der Waals surface area contributed by atoms with Crippen LogP contribution in [0.5, 0.6) is 0 Å². The van der Waals surface area contributed by atoms with Gasteiger partial charge in [-0.3, -0.25) is 0 Å². The van der Waals surface area contributed by atoms with Gasteiger partial charge in [-0.15, -0.1) is 0 Å². The van der Waals surface area contributed by atoms with Crippen molar-refractivity contribution in [1.29, 1.82) is 0 Å². The van der Waals surface area contributed by atoms with Crippen LogP contribution in [0.25, 0.3) is 0 Å². The van der Waals surface area contributed by atoms with Gasteiger partial charge in [0.25, 0.3) is 0 Å². The highest BCUT2D eigenvalue weighted by Crippen LogP contribution is 2.15. The van der Waals surface area contributed by atoms with Crippen LogP contribution in [0.15, 0.2) is 30.4 Å². The topological polar surface area (TPSA) is 12.0 Å². The van der Waals surface area contributed by atoms with Crippen molar-refractivity contribution in [2.24, 2.45) is 0 Å². The second-order valence-electron chi connectivity index (χ2n) is 5.66. The Labute approximate surface area is 119 Å². The highest BCUT2D eigenvalue weighted by Gasteiger charge is 2.10. The van der Waals surface area contributed by atoms with E-state index in [-0.39, 0.29) is 0 Å². The van der Waals surface area contributed by atoms with Crippen molar-refractivity contribution in [3.05, 3.63) is 47.0 Å². The maximum atomic E-state index is 4.16. The van der Waals surface area contributed by atoms with Crippen LogP contribution in [0.3, 0.4) is 0 Å². The predicted octanol–water partition coefficient (Wildman–Crippen LogP) is 4.57. The minimum Gasteiger partial charge on any atom is -0.313 e. The average molecular weight is 259 g/mol. The zero-order valence-electron chi connectivity index (χ0n) is 13.1. The molecule has 19 heavy (non-hydrogen) atoms. The number of rotatable bonds is 8. The van der Waals surface area contributed by atoms with Crippen molar-refractivity contribution in [2.75, 3.05) is 6.54 Å². The van der Waals surface area contributed by atoms with E-state index in [1.54, 1.807) is 0 Å². The van der Waals surface area contributed by atoms with E-state index in [1.807, 2.05) is 0 Å². The van der Waals surface area contributed by atoms with Crippen LogP contribution in [-0.4, -0.2) is 12.6 Å². The van der Waals surface area contributed by atoms with Crippen molar-refractivity contribution >= 4 is 0 Å². The third-order valence-corrected chi connectivity index (χ3v) is 3.48. The summed E-state index contributed by atoms with van der Waals surface area (Å²) in [7, 11) is 0. The smallest absolute Gasteiger partial charge is 0.0144 e. The Bertz CT molecular complexity index is 386. The first kappa shape index (κ1) is 16.0. The molecule has 1 atom stereocenters. The Kier molecular flexibility index (Phi) is 6.86. The summed E-state index contributed by atoms with van der Waals surface area (Å²) in [5.41, 5.74) is 5.50. The molecule has 1 unspecified atom stereocenters. The van der Waals surface area contributed by atoms with Crippen molar-refractivity contribution < 1.29 is 0 Å². The number of aryl methyl sites for hydroxylation is 2. The lowest BCUT2D eigenvalue weighted by Gasteiger charge is -2.20. The number of benzene rings is 1. The van der Waals surface area contributed by atoms with E-state index in [4.69, 9.17) is 0 Å². The number of hydrogen-bond acceptors (Lipinski definition) is 1. The van der Waals surface area contributed by atoms with Crippen molar-refractivity contribution in [3.8, 4) is 0 Å². The van der Waals surface area contributed by atoms with E-state index in [0.29, 0.717) is 6.04 Å². The van der Waals surface area contributed by atoms with Gasteiger partial charge >= 0.3 is 0 Å². The van der Waals surface area contributed by atoms with Gasteiger partial charge in [0.2, 0.25) is 0 Å². The Balaban J connectivity index is 2.71. The second-order valence-corrected chi connectivity index (χ2v) is 5.66. The van der Waals surface area contributed by atoms with Crippen LogP contribution in [-0.2, 0) is 6.42 Å². The molecule has 0 radical (unpaired) electrons. The van der Waals surface area contributed by atoms with Crippen LogP contribution in [0.2, 0.25) is 0 Å². The number of nitrogens with one attached hydrogen (secondary N) is 1. The SMILES string of the molecule is C=C(CC)CC(Cc1cc(C)cc(C)c1)NCCC. The van der Waals surface area contributed by atoms with Crippen LogP contribution in [0, 0.1) is 13.8 Å².